The third kappa shape index (κ3) is 5.99. The van der Waals surface area contributed by atoms with Gasteiger partial charge in [-0.15, -0.1) is 0 Å². The van der Waals surface area contributed by atoms with Gasteiger partial charge in [0.15, 0.2) is 0 Å². The fourth-order valence-corrected chi connectivity index (χ4v) is 3.13. The second-order valence-corrected chi connectivity index (χ2v) is 6.77. The van der Waals surface area contributed by atoms with Gasteiger partial charge in [0.2, 0.25) is 5.91 Å². The van der Waals surface area contributed by atoms with Gasteiger partial charge in [-0.05, 0) is 37.1 Å². The van der Waals surface area contributed by atoms with E-state index in [1.807, 2.05) is 48.5 Å². The van der Waals surface area contributed by atoms with E-state index in [2.05, 4.69) is 20.9 Å². The van der Waals surface area contributed by atoms with Crippen molar-refractivity contribution in [3.05, 3.63) is 54.6 Å². The fourth-order valence-electron chi connectivity index (χ4n) is 3.13. The van der Waals surface area contributed by atoms with Crippen molar-refractivity contribution in [2.75, 3.05) is 32.0 Å². The molecule has 28 heavy (non-hydrogen) atoms. The van der Waals surface area contributed by atoms with Crippen molar-refractivity contribution >= 4 is 17.6 Å². The van der Waals surface area contributed by atoms with Crippen LogP contribution in [0, 0.1) is 0 Å². The number of hydrogen-bond acceptors (Lipinski definition) is 4. The summed E-state index contributed by atoms with van der Waals surface area (Å²) in [4.78, 5) is 25.9. The molecule has 3 rings (SSSR count). The largest absolute Gasteiger partial charge is 0.457 e. The molecule has 7 nitrogen and oxygen atoms in total. The number of piperidine rings is 1. The number of benzene rings is 2. The number of likely N-dealkylation sites (tertiary alicyclic amines) is 1. The zero-order valence-corrected chi connectivity index (χ0v) is 16.0. The minimum Gasteiger partial charge on any atom is -0.457 e. The first kappa shape index (κ1) is 19.7. The topological polar surface area (TPSA) is 82.7 Å². The number of amides is 3. The first-order chi connectivity index (χ1) is 13.6. The van der Waals surface area contributed by atoms with Gasteiger partial charge in [0.1, 0.15) is 11.5 Å². The minimum atomic E-state index is -0.235. The molecule has 148 valence electrons. The lowest BCUT2D eigenvalue weighted by Crippen LogP contribution is -2.48. The highest BCUT2D eigenvalue weighted by Gasteiger charge is 2.21. The minimum absolute atomic E-state index is 0.0155. The Bertz CT molecular complexity index is 789. The van der Waals surface area contributed by atoms with Gasteiger partial charge in [-0.3, -0.25) is 9.69 Å². The highest BCUT2D eigenvalue weighted by molar-refractivity contribution is 5.89. The molecule has 0 bridgehead atoms. The molecule has 2 aromatic rings. The van der Waals surface area contributed by atoms with Gasteiger partial charge in [-0.25, -0.2) is 4.79 Å². The molecular weight excluding hydrogens is 356 g/mol. The first-order valence-corrected chi connectivity index (χ1v) is 9.46. The number of para-hydroxylation sites is 1. The van der Waals surface area contributed by atoms with Crippen molar-refractivity contribution in [3.8, 4) is 11.5 Å². The summed E-state index contributed by atoms with van der Waals surface area (Å²) < 4.78 is 5.79. The molecule has 1 saturated heterocycles. The number of likely N-dealkylation sites (N-methyl/N-ethyl adjacent to an activating group) is 1. The molecule has 1 heterocycles. The van der Waals surface area contributed by atoms with Crippen LogP contribution in [0.25, 0.3) is 0 Å². The maximum Gasteiger partial charge on any atom is 0.319 e. The third-order valence-electron chi connectivity index (χ3n) is 4.64. The van der Waals surface area contributed by atoms with Crippen molar-refractivity contribution in [1.29, 1.82) is 0 Å². The summed E-state index contributed by atoms with van der Waals surface area (Å²) in [6.07, 6.45) is 1.64. The lowest BCUT2D eigenvalue weighted by molar-refractivity contribution is -0.122. The molecule has 3 N–H and O–H groups in total. The second kappa shape index (κ2) is 9.75. The van der Waals surface area contributed by atoms with Crippen LogP contribution in [0.4, 0.5) is 10.5 Å². The Hall–Kier alpha value is -3.06. The van der Waals surface area contributed by atoms with Crippen molar-refractivity contribution in [2.24, 2.45) is 0 Å². The first-order valence-electron chi connectivity index (χ1n) is 9.46. The van der Waals surface area contributed by atoms with Crippen LogP contribution < -0.4 is 20.7 Å². The van der Waals surface area contributed by atoms with Crippen LogP contribution in [0.5, 0.6) is 11.5 Å². The quantitative estimate of drug-likeness (QED) is 0.717. The summed E-state index contributed by atoms with van der Waals surface area (Å²) in [7, 11) is 1.64. The van der Waals surface area contributed by atoms with E-state index in [1.54, 1.807) is 13.1 Å². The number of carbonyl (C=O) groups excluding carboxylic acids is 2. The highest BCUT2D eigenvalue weighted by Crippen LogP contribution is 2.23. The van der Waals surface area contributed by atoms with Gasteiger partial charge >= 0.3 is 6.03 Å². The molecule has 1 aliphatic heterocycles. The van der Waals surface area contributed by atoms with Crippen LogP contribution in [-0.4, -0.2) is 49.6 Å². The summed E-state index contributed by atoms with van der Waals surface area (Å²) in [5.74, 6) is 1.42. The number of carbonyl (C=O) groups is 2. The average Bonchev–Trinajstić information content (AvgIpc) is 2.70. The van der Waals surface area contributed by atoms with Crippen LogP contribution in [0.3, 0.4) is 0 Å². The van der Waals surface area contributed by atoms with Crippen molar-refractivity contribution in [1.82, 2.24) is 15.5 Å². The van der Waals surface area contributed by atoms with Gasteiger partial charge in [-0.1, -0.05) is 24.3 Å². The number of nitrogens with zero attached hydrogens (tertiary/aromatic N) is 1. The average molecular weight is 382 g/mol. The summed E-state index contributed by atoms with van der Waals surface area (Å²) in [5.41, 5.74) is 0.669. The van der Waals surface area contributed by atoms with E-state index in [4.69, 9.17) is 4.74 Å². The monoisotopic (exact) mass is 382 g/mol. The van der Waals surface area contributed by atoms with Gasteiger partial charge in [-0.2, -0.15) is 0 Å². The number of urea groups is 1. The van der Waals surface area contributed by atoms with Crippen LogP contribution >= 0.6 is 0 Å². The summed E-state index contributed by atoms with van der Waals surface area (Å²) in [5, 5.41) is 8.50. The molecular formula is C21H26N4O3. The molecule has 0 spiro atoms. The molecule has 0 radical (unpaired) electrons. The van der Waals surface area contributed by atoms with Crippen LogP contribution in [0.2, 0.25) is 0 Å². The van der Waals surface area contributed by atoms with E-state index in [0.29, 0.717) is 18.0 Å². The predicted molar refractivity (Wildman–Crippen MR) is 109 cm³/mol. The van der Waals surface area contributed by atoms with Gasteiger partial charge in [0.25, 0.3) is 0 Å². The third-order valence-corrected chi connectivity index (χ3v) is 4.64. The van der Waals surface area contributed by atoms with Crippen LogP contribution in [0.1, 0.15) is 12.8 Å². The fraction of sp³-hybridized carbons (Fsp3) is 0.333. The Balaban J connectivity index is 1.46. The van der Waals surface area contributed by atoms with E-state index in [9.17, 15) is 9.59 Å². The van der Waals surface area contributed by atoms with E-state index in [1.165, 1.54) is 0 Å². The molecule has 0 aliphatic carbocycles. The van der Waals surface area contributed by atoms with Crippen molar-refractivity contribution in [3.63, 3.8) is 0 Å². The Labute approximate surface area is 165 Å². The Morgan fingerprint density at radius 3 is 2.46 bits per heavy atom. The lowest BCUT2D eigenvalue weighted by Gasteiger charge is -2.31. The molecule has 7 heteroatoms. The molecule has 3 amide bonds. The lowest BCUT2D eigenvalue weighted by atomic mass is 10.1. The van der Waals surface area contributed by atoms with E-state index >= 15 is 0 Å². The summed E-state index contributed by atoms with van der Waals surface area (Å²) >= 11 is 0. The standard InChI is InChI=1S/C21H26N4O3/c1-22-20(26)15-25-12-10-16(11-13-25)23-21(27)24-17-6-5-9-19(14-17)28-18-7-3-2-4-8-18/h2-9,14,16H,10-13,15H2,1H3,(H,22,26)(H2,23,24,27). The molecule has 0 aromatic heterocycles. The molecule has 1 aliphatic rings. The highest BCUT2D eigenvalue weighted by atomic mass is 16.5. The molecule has 0 atom stereocenters. The van der Waals surface area contributed by atoms with E-state index < -0.39 is 0 Å². The molecule has 0 unspecified atom stereocenters. The van der Waals surface area contributed by atoms with Crippen molar-refractivity contribution < 1.29 is 14.3 Å². The number of nitrogens with one attached hydrogen (secondary N) is 3. The SMILES string of the molecule is CNC(=O)CN1CCC(NC(=O)Nc2cccc(Oc3ccccc3)c2)CC1. The Morgan fingerprint density at radius 1 is 1.04 bits per heavy atom. The summed E-state index contributed by atoms with van der Waals surface area (Å²) in [6, 6.07) is 16.7. The van der Waals surface area contributed by atoms with Crippen LogP contribution in [0.15, 0.2) is 54.6 Å². The number of hydrogen-bond donors (Lipinski definition) is 3. The molecule has 0 saturated carbocycles. The second-order valence-electron chi connectivity index (χ2n) is 6.77. The Kier molecular flexibility index (Phi) is 6.86. The van der Waals surface area contributed by atoms with Gasteiger partial charge in [0.05, 0.1) is 6.54 Å². The smallest absolute Gasteiger partial charge is 0.319 e. The zero-order valence-electron chi connectivity index (χ0n) is 16.0. The maximum atomic E-state index is 12.3. The van der Waals surface area contributed by atoms with E-state index in [-0.39, 0.29) is 18.0 Å². The van der Waals surface area contributed by atoms with Crippen molar-refractivity contribution in [2.45, 2.75) is 18.9 Å². The predicted octanol–water partition coefficient (Wildman–Crippen LogP) is 2.81. The number of anilines is 1. The number of rotatable bonds is 6. The van der Waals surface area contributed by atoms with Gasteiger partial charge < -0.3 is 20.7 Å². The normalized spacial score (nSPS) is 14.9. The summed E-state index contributed by atoms with van der Waals surface area (Å²) in [6.45, 7) is 1.99. The zero-order chi connectivity index (χ0) is 19.8. The molecule has 1 fully saturated rings. The van der Waals surface area contributed by atoms with E-state index in [0.717, 1.165) is 31.7 Å². The van der Waals surface area contributed by atoms with Gasteiger partial charge in [0, 0.05) is 37.9 Å². The van der Waals surface area contributed by atoms with Crippen LogP contribution in [-0.2, 0) is 4.79 Å². The maximum absolute atomic E-state index is 12.3. The Morgan fingerprint density at radius 2 is 1.75 bits per heavy atom. The molecule has 2 aromatic carbocycles. The number of ether oxygens (including phenoxy) is 1.